The number of carbonyl (C=O) groups excluding carboxylic acids is 1. The van der Waals surface area contributed by atoms with E-state index < -0.39 is 0 Å². The van der Waals surface area contributed by atoms with E-state index in [2.05, 4.69) is 15.5 Å². The quantitative estimate of drug-likeness (QED) is 0.745. The second kappa shape index (κ2) is 4.80. The number of benzene rings is 1. The molecule has 1 heterocycles. The molecule has 2 rings (SSSR count). The topological polar surface area (TPSA) is 83.8 Å². The highest BCUT2D eigenvalue weighted by molar-refractivity contribution is 6.03. The fraction of sp³-hybridized carbons (Fsp3) is 0.167. The van der Waals surface area contributed by atoms with Crippen molar-refractivity contribution >= 4 is 11.6 Å². The number of anilines is 1. The molecule has 0 bridgehead atoms. The van der Waals surface area contributed by atoms with Crippen molar-refractivity contribution < 1.29 is 4.79 Å². The van der Waals surface area contributed by atoms with Crippen molar-refractivity contribution in [1.82, 2.24) is 10.2 Å². The SMILES string of the molecule is Cc1ccc(CN)cc1NC(=O)c1ccn[nH]1. The Hall–Kier alpha value is -2.14. The van der Waals surface area contributed by atoms with Crippen molar-refractivity contribution in [2.24, 2.45) is 5.73 Å². The lowest BCUT2D eigenvalue weighted by atomic mass is 10.1. The van der Waals surface area contributed by atoms with Crippen molar-refractivity contribution in [3.05, 3.63) is 47.3 Å². The molecule has 0 unspecified atom stereocenters. The molecule has 17 heavy (non-hydrogen) atoms. The van der Waals surface area contributed by atoms with Crippen molar-refractivity contribution in [1.29, 1.82) is 0 Å². The summed E-state index contributed by atoms with van der Waals surface area (Å²) in [7, 11) is 0. The average Bonchev–Trinajstić information content (AvgIpc) is 2.85. The molecule has 0 aliphatic carbocycles. The Bertz CT molecular complexity index is 519. The lowest BCUT2D eigenvalue weighted by Gasteiger charge is -2.09. The van der Waals surface area contributed by atoms with Gasteiger partial charge < -0.3 is 11.1 Å². The predicted octanol–water partition coefficient (Wildman–Crippen LogP) is 1.43. The fourth-order valence-electron chi connectivity index (χ4n) is 1.50. The summed E-state index contributed by atoms with van der Waals surface area (Å²) in [6, 6.07) is 7.38. The monoisotopic (exact) mass is 230 g/mol. The zero-order valence-corrected chi connectivity index (χ0v) is 9.53. The molecule has 5 heteroatoms. The summed E-state index contributed by atoms with van der Waals surface area (Å²) >= 11 is 0. The van der Waals surface area contributed by atoms with E-state index in [0.717, 1.165) is 16.8 Å². The smallest absolute Gasteiger partial charge is 0.273 e. The highest BCUT2D eigenvalue weighted by Crippen LogP contribution is 2.17. The van der Waals surface area contributed by atoms with Gasteiger partial charge in [-0.2, -0.15) is 5.10 Å². The first-order valence-corrected chi connectivity index (χ1v) is 5.31. The zero-order chi connectivity index (χ0) is 12.3. The third-order valence-electron chi connectivity index (χ3n) is 2.53. The van der Waals surface area contributed by atoms with Crippen LogP contribution >= 0.6 is 0 Å². The van der Waals surface area contributed by atoms with Gasteiger partial charge in [0.05, 0.1) is 0 Å². The summed E-state index contributed by atoms with van der Waals surface area (Å²) in [5.74, 6) is -0.209. The van der Waals surface area contributed by atoms with Crippen molar-refractivity contribution in [2.45, 2.75) is 13.5 Å². The van der Waals surface area contributed by atoms with Gasteiger partial charge in [0.1, 0.15) is 5.69 Å². The molecule has 1 aromatic carbocycles. The van der Waals surface area contributed by atoms with E-state index in [4.69, 9.17) is 5.73 Å². The molecular weight excluding hydrogens is 216 g/mol. The first kappa shape index (κ1) is 11.3. The maximum absolute atomic E-state index is 11.8. The number of nitrogens with zero attached hydrogens (tertiary/aromatic N) is 1. The molecule has 0 atom stereocenters. The van der Waals surface area contributed by atoms with Crippen LogP contribution in [0.3, 0.4) is 0 Å². The maximum Gasteiger partial charge on any atom is 0.273 e. The van der Waals surface area contributed by atoms with Gasteiger partial charge in [0.2, 0.25) is 0 Å². The fourth-order valence-corrected chi connectivity index (χ4v) is 1.50. The van der Waals surface area contributed by atoms with Crippen LogP contribution in [0, 0.1) is 6.92 Å². The maximum atomic E-state index is 11.8. The van der Waals surface area contributed by atoms with Gasteiger partial charge in [0.15, 0.2) is 0 Å². The molecule has 0 fully saturated rings. The first-order chi connectivity index (χ1) is 8.20. The summed E-state index contributed by atoms with van der Waals surface area (Å²) in [6.07, 6.45) is 1.54. The molecule has 0 saturated heterocycles. The van der Waals surface area contributed by atoms with Crippen LogP contribution in [0.5, 0.6) is 0 Å². The molecule has 0 aliphatic heterocycles. The van der Waals surface area contributed by atoms with Crippen LogP contribution in [0.25, 0.3) is 0 Å². The molecule has 0 aliphatic rings. The van der Waals surface area contributed by atoms with Gasteiger partial charge >= 0.3 is 0 Å². The summed E-state index contributed by atoms with van der Waals surface area (Å²) in [5.41, 5.74) is 8.75. The Morgan fingerprint density at radius 2 is 2.29 bits per heavy atom. The van der Waals surface area contributed by atoms with Crippen LogP contribution in [0.15, 0.2) is 30.5 Å². The van der Waals surface area contributed by atoms with Crippen LogP contribution in [-0.2, 0) is 6.54 Å². The molecule has 1 aromatic heterocycles. The van der Waals surface area contributed by atoms with E-state index in [-0.39, 0.29) is 5.91 Å². The molecular formula is C12H14N4O. The van der Waals surface area contributed by atoms with Gasteiger partial charge in [-0.15, -0.1) is 0 Å². The van der Waals surface area contributed by atoms with E-state index in [1.807, 2.05) is 25.1 Å². The average molecular weight is 230 g/mol. The minimum absolute atomic E-state index is 0.209. The van der Waals surface area contributed by atoms with Crippen LogP contribution in [0.2, 0.25) is 0 Å². The number of carbonyl (C=O) groups is 1. The van der Waals surface area contributed by atoms with Gasteiger partial charge in [-0.25, -0.2) is 0 Å². The van der Waals surface area contributed by atoms with Gasteiger partial charge in [-0.1, -0.05) is 12.1 Å². The van der Waals surface area contributed by atoms with E-state index in [1.54, 1.807) is 6.07 Å². The largest absolute Gasteiger partial charge is 0.326 e. The third-order valence-corrected chi connectivity index (χ3v) is 2.53. The Morgan fingerprint density at radius 3 is 2.94 bits per heavy atom. The number of aromatic amines is 1. The molecule has 0 saturated carbocycles. The summed E-state index contributed by atoms with van der Waals surface area (Å²) in [6.45, 7) is 2.38. The van der Waals surface area contributed by atoms with Crippen LogP contribution in [-0.4, -0.2) is 16.1 Å². The van der Waals surface area contributed by atoms with Gasteiger partial charge in [-0.05, 0) is 30.2 Å². The van der Waals surface area contributed by atoms with Crippen molar-refractivity contribution in [2.75, 3.05) is 5.32 Å². The summed E-state index contributed by atoms with van der Waals surface area (Å²) in [5, 5.41) is 9.18. The van der Waals surface area contributed by atoms with Crippen LogP contribution < -0.4 is 11.1 Å². The van der Waals surface area contributed by atoms with E-state index in [0.29, 0.717) is 12.2 Å². The highest BCUT2D eigenvalue weighted by Gasteiger charge is 2.08. The number of H-pyrrole nitrogens is 1. The standard InChI is InChI=1S/C12H14N4O/c1-8-2-3-9(7-13)6-11(8)15-12(17)10-4-5-14-16-10/h2-6H,7,13H2,1H3,(H,14,16)(H,15,17). The number of amides is 1. The number of hydrogen-bond acceptors (Lipinski definition) is 3. The molecule has 2 aromatic rings. The lowest BCUT2D eigenvalue weighted by Crippen LogP contribution is -2.13. The lowest BCUT2D eigenvalue weighted by molar-refractivity contribution is 0.102. The second-order valence-corrected chi connectivity index (χ2v) is 3.78. The van der Waals surface area contributed by atoms with Gasteiger partial charge in [0, 0.05) is 18.4 Å². The number of rotatable bonds is 3. The molecule has 0 radical (unpaired) electrons. The Kier molecular flexibility index (Phi) is 3.20. The van der Waals surface area contributed by atoms with Crippen molar-refractivity contribution in [3.63, 3.8) is 0 Å². The minimum Gasteiger partial charge on any atom is -0.326 e. The third kappa shape index (κ3) is 2.51. The van der Waals surface area contributed by atoms with E-state index in [1.165, 1.54) is 6.20 Å². The first-order valence-electron chi connectivity index (χ1n) is 5.31. The Morgan fingerprint density at radius 1 is 1.47 bits per heavy atom. The Balaban J connectivity index is 2.21. The van der Waals surface area contributed by atoms with E-state index >= 15 is 0 Å². The van der Waals surface area contributed by atoms with Gasteiger partial charge in [0.25, 0.3) is 5.91 Å². The number of hydrogen-bond donors (Lipinski definition) is 3. The molecule has 88 valence electrons. The zero-order valence-electron chi connectivity index (χ0n) is 9.53. The van der Waals surface area contributed by atoms with Crippen molar-refractivity contribution in [3.8, 4) is 0 Å². The molecule has 1 amide bonds. The normalized spacial score (nSPS) is 10.2. The molecule has 0 spiro atoms. The van der Waals surface area contributed by atoms with E-state index in [9.17, 15) is 4.79 Å². The van der Waals surface area contributed by atoms with Gasteiger partial charge in [-0.3, -0.25) is 9.89 Å². The second-order valence-electron chi connectivity index (χ2n) is 3.78. The number of aromatic nitrogens is 2. The summed E-state index contributed by atoms with van der Waals surface area (Å²) < 4.78 is 0. The Labute approximate surface area is 99.0 Å². The van der Waals surface area contributed by atoms with Crippen LogP contribution in [0.4, 0.5) is 5.69 Å². The highest BCUT2D eigenvalue weighted by atomic mass is 16.1. The molecule has 4 N–H and O–H groups in total. The number of aryl methyl sites for hydroxylation is 1. The summed E-state index contributed by atoms with van der Waals surface area (Å²) in [4.78, 5) is 11.8. The number of nitrogens with two attached hydrogens (primary N) is 1. The molecule has 5 nitrogen and oxygen atoms in total. The number of nitrogens with one attached hydrogen (secondary N) is 2. The minimum atomic E-state index is -0.209. The predicted molar refractivity (Wildman–Crippen MR) is 65.6 cm³/mol. The van der Waals surface area contributed by atoms with Crippen LogP contribution in [0.1, 0.15) is 21.6 Å².